The Morgan fingerprint density at radius 2 is 1.46 bits per heavy atom. The largest absolute Gasteiger partial charge is 0.351 e. The number of hydrogen-bond donors (Lipinski definition) is 1. The first-order valence-corrected chi connectivity index (χ1v) is 11.7. The van der Waals surface area contributed by atoms with Gasteiger partial charge in [0.25, 0.3) is 10.2 Å². The molecule has 0 radical (unpaired) electrons. The second-order valence-corrected chi connectivity index (χ2v) is 9.76. The molecule has 0 spiro atoms. The van der Waals surface area contributed by atoms with Gasteiger partial charge in [0.05, 0.1) is 6.54 Å². The molecule has 3 rings (SSSR count). The van der Waals surface area contributed by atoms with Crippen LogP contribution in [0.4, 0.5) is 0 Å². The van der Waals surface area contributed by atoms with Crippen LogP contribution in [0.5, 0.6) is 0 Å². The Kier molecular flexibility index (Phi) is 7.70. The molecule has 0 aliphatic carbocycles. The number of halogens is 1. The van der Waals surface area contributed by atoms with E-state index in [2.05, 4.69) is 5.32 Å². The molecule has 2 fully saturated rings. The lowest BCUT2D eigenvalue weighted by atomic mass is 10.2. The van der Waals surface area contributed by atoms with Crippen LogP contribution in [0.2, 0.25) is 5.02 Å². The van der Waals surface area contributed by atoms with E-state index in [1.807, 2.05) is 17.0 Å². The number of benzene rings is 1. The first-order chi connectivity index (χ1) is 13.4. The highest BCUT2D eigenvalue weighted by atomic mass is 35.5. The number of hydrogen-bond acceptors (Lipinski definition) is 4. The highest BCUT2D eigenvalue weighted by Crippen LogP contribution is 2.18. The van der Waals surface area contributed by atoms with Crippen molar-refractivity contribution in [1.82, 2.24) is 18.8 Å². The van der Waals surface area contributed by atoms with Gasteiger partial charge in [-0.2, -0.15) is 17.0 Å². The maximum Gasteiger partial charge on any atom is 0.282 e. The van der Waals surface area contributed by atoms with Gasteiger partial charge in [-0.1, -0.05) is 36.6 Å². The molecule has 0 atom stereocenters. The van der Waals surface area contributed by atoms with Crippen LogP contribution in [-0.2, 0) is 21.5 Å². The van der Waals surface area contributed by atoms with Crippen LogP contribution in [-0.4, -0.2) is 73.6 Å². The fraction of sp³-hybridized carbons (Fsp3) is 0.632. The lowest BCUT2D eigenvalue weighted by Crippen LogP contribution is -2.54. The minimum atomic E-state index is -3.38. The highest BCUT2D eigenvalue weighted by molar-refractivity contribution is 7.86. The zero-order valence-corrected chi connectivity index (χ0v) is 17.7. The van der Waals surface area contributed by atoms with Gasteiger partial charge in [0.2, 0.25) is 5.91 Å². The Bertz CT molecular complexity index is 741. The summed E-state index contributed by atoms with van der Waals surface area (Å²) in [4.78, 5) is 14.2. The molecule has 2 heterocycles. The van der Waals surface area contributed by atoms with Crippen LogP contribution < -0.4 is 5.32 Å². The maximum atomic E-state index is 12.9. The molecule has 1 aromatic rings. The molecule has 0 aromatic heterocycles. The molecule has 2 saturated heterocycles. The van der Waals surface area contributed by atoms with E-state index in [0.29, 0.717) is 50.8 Å². The van der Waals surface area contributed by atoms with E-state index in [1.54, 1.807) is 20.7 Å². The summed E-state index contributed by atoms with van der Waals surface area (Å²) in [5.74, 6) is -0.0567. The number of carbonyl (C=O) groups is 1. The van der Waals surface area contributed by atoms with Crippen LogP contribution in [0.15, 0.2) is 24.3 Å². The Morgan fingerprint density at radius 1 is 0.893 bits per heavy atom. The molecular formula is C19H29ClN4O3S. The Balaban J connectivity index is 1.43. The van der Waals surface area contributed by atoms with Crippen molar-refractivity contribution in [3.8, 4) is 0 Å². The van der Waals surface area contributed by atoms with Crippen LogP contribution >= 0.6 is 11.6 Å². The minimum absolute atomic E-state index is 0.0567. The molecule has 28 heavy (non-hydrogen) atoms. The molecule has 9 heteroatoms. The number of amides is 1. The van der Waals surface area contributed by atoms with Crippen molar-refractivity contribution in [2.45, 2.75) is 32.2 Å². The molecule has 1 N–H and O–H groups in total. The normalized spacial score (nSPS) is 20.6. The lowest BCUT2D eigenvalue weighted by Gasteiger charge is -2.36. The van der Waals surface area contributed by atoms with Gasteiger partial charge in [0, 0.05) is 50.8 Å². The fourth-order valence-corrected chi connectivity index (χ4v) is 5.41. The summed E-state index contributed by atoms with van der Waals surface area (Å²) in [6.45, 7) is 3.99. The number of nitrogens with zero attached hydrogens (tertiary/aromatic N) is 3. The monoisotopic (exact) mass is 428 g/mol. The van der Waals surface area contributed by atoms with E-state index in [1.165, 1.54) is 0 Å². The molecule has 1 aromatic carbocycles. The lowest BCUT2D eigenvalue weighted by molar-refractivity contribution is -0.122. The van der Waals surface area contributed by atoms with Crippen molar-refractivity contribution >= 4 is 27.7 Å². The minimum Gasteiger partial charge on any atom is -0.351 e. The molecule has 0 saturated carbocycles. The van der Waals surface area contributed by atoms with E-state index in [4.69, 9.17) is 11.6 Å². The van der Waals surface area contributed by atoms with Crippen molar-refractivity contribution in [1.29, 1.82) is 0 Å². The van der Waals surface area contributed by atoms with Gasteiger partial charge in [-0.15, -0.1) is 0 Å². The summed E-state index contributed by atoms with van der Waals surface area (Å²) in [6, 6.07) is 7.37. The van der Waals surface area contributed by atoms with Crippen LogP contribution in [0.3, 0.4) is 0 Å². The quantitative estimate of drug-likeness (QED) is 0.748. The maximum absolute atomic E-state index is 12.9. The summed E-state index contributed by atoms with van der Waals surface area (Å²) < 4.78 is 28.9. The Labute approximate surface area is 172 Å². The Hall–Kier alpha value is -1.19. The number of nitrogens with one attached hydrogen (secondary N) is 1. The summed E-state index contributed by atoms with van der Waals surface area (Å²) in [5.41, 5.74) is 0.992. The van der Waals surface area contributed by atoms with Gasteiger partial charge in [-0.05, 0) is 30.5 Å². The van der Waals surface area contributed by atoms with Gasteiger partial charge in [-0.25, -0.2) is 0 Å². The number of carbonyl (C=O) groups excluding carboxylic acids is 1. The van der Waals surface area contributed by atoms with E-state index in [0.717, 1.165) is 31.2 Å². The topological polar surface area (TPSA) is 73.0 Å². The van der Waals surface area contributed by atoms with E-state index in [-0.39, 0.29) is 12.5 Å². The Morgan fingerprint density at radius 3 is 2.07 bits per heavy atom. The third-order valence-corrected chi connectivity index (χ3v) is 7.61. The van der Waals surface area contributed by atoms with Gasteiger partial charge in [0.15, 0.2) is 0 Å². The third-order valence-electron chi connectivity index (χ3n) is 5.32. The van der Waals surface area contributed by atoms with Gasteiger partial charge in [0.1, 0.15) is 0 Å². The molecule has 2 aliphatic rings. The first-order valence-electron chi connectivity index (χ1n) is 9.94. The van der Waals surface area contributed by atoms with Crippen molar-refractivity contribution < 1.29 is 13.2 Å². The first kappa shape index (κ1) is 21.5. The molecule has 0 unspecified atom stereocenters. The molecule has 7 nitrogen and oxygen atoms in total. The summed E-state index contributed by atoms with van der Waals surface area (Å²) in [6.07, 6.45) is 4.08. The predicted molar refractivity (Wildman–Crippen MR) is 110 cm³/mol. The average Bonchev–Trinajstić information content (AvgIpc) is 2.98. The number of piperazine rings is 1. The third kappa shape index (κ3) is 5.90. The summed E-state index contributed by atoms with van der Waals surface area (Å²) in [7, 11) is -3.38. The zero-order chi connectivity index (χ0) is 20.0. The SMILES string of the molecule is O=C(CN1CCN(S(=O)(=O)N2CCCCCC2)CC1)NCc1ccc(Cl)cc1. The zero-order valence-electron chi connectivity index (χ0n) is 16.1. The highest BCUT2D eigenvalue weighted by Gasteiger charge is 2.32. The van der Waals surface area contributed by atoms with Crippen LogP contribution in [0.1, 0.15) is 31.2 Å². The van der Waals surface area contributed by atoms with Gasteiger partial charge in [-0.3, -0.25) is 9.69 Å². The molecular weight excluding hydrogens is 400 g/mol. The van der Waals surface area contributed by atoms with Crippen molar-refractivity contribution in [3.05, 3.63) is 34.9 Å². The second-order valence-electron chi connectivity index (χ2n) is 7.40. The van der Waals surface area contributed by atoms with E-state index >= 15 is 0 Å². The van der Waals surface area contributed by atoms with Crippen molar-refractivity contribution in [2.75, 3.05) is 45.8 Å². The van der Waals surface area contributed by atoms with E-state index in [9.17, 15) is 13.2 Å². The second kappa shape index (κ2) is 10.0. The number of rotatable bonds is 6. The fourth-order valence-electron chi connectivity index (χ4n) is 3.62. The predicted octanol–water partition coefficient (Wildman–Crippen LogP) is 1.69. The molecule has 0 bridgehead atoms. The van der Waals surface area contributed by atoms with Crippen molar-refractivity contribution in [2.24, 2.45) is 0 Å². The summed E-state index contributed by atoms with van der Waals surface area (Å²) >= 11 is 5.86. The van der Waals surface area contributed by atoms with Gasteiger partial charge < -0.3 is 5.32 Å². The van der Waals surface area contributed by atoms with Crippen LogP contribution in [0, 0.1) is 0 Å². The standard InChI is InChI=1S/C19H29ClN4O3S/c20-18-7-5-17(6-8-18)15-21-19(25)16-22-11-13-24(14-12-22)28(26,27)23-9-3-1-2-4-10-23/h5-8H,1-4,9-16H2,(H,21,25). The van der Waals surface area contributed by atoms with E-state index < -0.39 is 10.2 Å². The average molecular weight is 429 g/mol. The summed E-state index contributed by atoms with van der Waals surface area (Å²) in [5, 5.41) is 3.57. The van der Waals surface area contributed by atoms with Crippen molar-refractivity contribution in [3.63, 3.8) is 0 Å². The molecule has 2 aliphatic heterocycles. The van der Waals surface area contributed by atoms with Crippen LogP contribution in [0.25, 0.3) is 0 Å². The molecule has 156 valence electrons. The smallest absolute Gasteiger partial charge is 0.282 e. The van der Waals surface area contributed by atoms with Gasteiger partial charge >= 0.3 is 0 Å². The molecule has 1 amide bonds.